The van der Waals surface area contributed by atoms with E-state index in [4.69, 9.17) is 0 Å². The van der Waals surface area contributed by atoms with Crippen LogP contribution in [0.2, 0.25) is 0 Å². The van der Waals surface area contributed by atoms with Gasteiger partial charge in [0.25, 0.3) is 11.6 Å². The lowest BCUT2D eigenvalue weighted by atomic mass is 9.99. The molecule has 25 heavy (non-hydrogen) atoms. The number of nitro groups is 1. The predicted octanol–water partition coefficient (Wildman–Crippen LogP) is 2.27. The molecule has 0 bridgehead atoms. The topological polar surface area (TPSA) is 93.5 Å². The van der Waals surface area contributed by atoms with E-state index in [2.05, 4.69) is 15.4 Å². The lowest BCUT2D eigenvalue weighted by Crippen LogP contribution is -2.38. The number of rotatable bonds is 6. The summed E-state index contributed by atoms with van der Waals surface area (Å²) < 4.78 is 41.2. The van der Waals surface area contributed by atoms with Crippen molar-refractivity contribution in [2.75, 3.05) is 26.2 Å². The number of carbonyl (C=O) groups is 1. The van der Waals surface area contributed by atoms with Crippen LogP contribution in [0, 0.1) is 16.0 Å². The third-order valence-electron chi connectivity index (χ3n) is 3.76. The van der Waals surface area contributed by atoms with Crippen molar-refractivity contribution in [2.24, 2.45) is 5.92 Å². The number of halogens is 3. The van der Waals surface area contributed by atoms with Gasteiger partial charge < -0.3 is 15.4 Å². The number of nitrogens with one attached hydrogen (secondary N) is 2. The summed E-state index contributed by atoms with van der Waals surface area (Å²) in [6.07, 6.45) is -2.65. The van der Waals surface area contributed by atoms with Crippen molar-refractivity contribution in [1.82, 2.24) is 10.6 Å². The second-order valence-corrected chi connectivity index (χ2v) is 5.76. The van der Waals surface area contributed by atoms with Crippen molar-refractivity contribution in [3.63, 3.8) is 0 Å². The zero-order chi connectivity index (χ0) is 18.4. The van der Waals surface area contributed by atoms with Gasteiger partial charge in [-0.25, -0.2) is 0 Å². The highest BCUT2D eigenvalue weighted by Crippen LogP contribution is 2.26. The highest BCUT2D eigenvalue weighted by atomic mass is 19.4. The highest BCUT2D eigenvalue weighted by molar-refractivity contribution is 5.98. The van der Waals surface area contributed by atoms with Crippen LogP contribution in [0.25, 0.3) is 0 Å². The van der Waals surface area contributed by atoms with Gasteiger partial charge in [0, 0.05) is 12.6 Å². The fourth-order valence-corrected chi connectivity index (χ4v) is 2.54. The van der Waals surface area contributed by atoms with E-state index in [1.165, 1.54) is 0 Å². The number of nitrogens with zero attached hydrogens (tertiary/aromatic N) is 1. The summed E-state index contributed by atoms with van der Waals surface area (Å²) in [6.45, 7) is 0.432. The second kappa shape index (κ2) is 8.15. The monoisotopic (exact) mass is 361 g/mol. The van der Waals surface area contributed by atoms with Gasteiger partial charge in [-0.15, -0.1) is 0 Å². The normalized spacial score (nSPS) is 17.8. The Labute approximate surface area is 141 Å². The van der Waals surface area contributed by atoms with Crippen LogP contribution in [0.5, 0.6) is 5.75 Å². The standard InChI is InChI=1S/C15H18F3N3O4/c16-15(17,18)9-25-11-3-4-13(21(23)24)12(6-11)14(22)20-8-10-2-1-5-19-7-10/h3-4,6,10,19H,1-2,5,7-9H2,(H,20,22). The summed E-state index contributed by atoms with van der Waals surface area (Å²) in [4.78, 5) is 22.5. The molecule has 1 saturated heterocycles. The van der Waals surface area contributed by atoms with E-state index in [-0.39, 0.29) is 17.2 Å². The van der Waals surface area contributed by atoms with Crippen molar-refractivity contribution in [3.8, 4) is 5.75 Å². The third-order valence-corrected chi connectivity index (χ3v) is 3.76. The minimum absolute atomic E-state index is 0.210. The Morgan fingerprint density at radius 2 is 2.20 bits per heavy atom. The second-order valence-electron chi connectivity index (χ2n) is 5.76. The van der Waals surface area contributed by atoms with E-state index in [0.29, 0.717) is 6.54 Å². The van der Waals surface area contributed by atoms with E-state index >= 15 is 0 Å². The van der Waals surface area contributed by atoms with E-state index < -0.39 is 29.3 Å². The summed E-state index contributed by atoms with van der Waals surface area (Å²) in [6, 6.07) is 2.95. The van der Waals surface area contributed by atoms with E-state index in [1.807, 2.05) is 0 Å². The number of benzene rings is 1. The molecule has 1 amide bonds. The fraction of sp³-hybridized carbons (Fsp3) is 0.533. The van der Waals surface area contributed by atoms with Crippen LogP contribution in [-0.2, 0) is 0 Å². The predicted molar refractivity (Wildman–Crippen MR) is 82.6 cm³/mol. The molecule has 2 N–H and O–H groups in total. The molecule has 1 fully saturated rings. The zero-order valence-electron chi connectivity index (χ0n) is 13.3. The molecular formula is C15H18F3N3O4. The molecule has 1 aliphatic rings. The summed E-state index contributed by atoms with van der Waals surface area (Å²) in [5, 5.41) is 16.8. The maximum Gasteiger partial charge on any atom is 0.422 e. The lowest BCUT2D eigenvalue weighted by Gasteiger charge is -2.22. The molecule has 1 heterocycles. The molecule has 0 saturated carbocycles. The molecule has 1 aliphatic heterocycles. The first-order valence-electron chi connectivity index (χ1n) is 7.73. The third kappa shape index (κ3) is 5.89. The smallest absolute Gasteiger partial charge is 0.422 e. The first-order valence-corrected chi connectivity index (χ1v) is 7.73. The van der Waals surface area contributed by atoms with Crippen LogP contribution in [0.1, 0.15) is 23.2 Å². The molecule has 1 unspecified atom stereocenters. The Balaban J connectivity index is 2.08. The number of nitro benzene ring substituents is 1. The molecule has 10 heteroatoms. The molecule has 1 atom stereocenters. The maximum atomic E-state index is 12.3. The van der Waals surface area contributed by atoms with Crippen LogP contribution in [0.4, 0.5) is 18.9 Å². The quantitative estimate of drug-likeness (QED) is 0.599. The molecular weight excluding hydrogens is 343 g/mol. The van der Waals surface area contributed by atoms with Crippen LogP contribution >= 0.6 is 0 Å². The molecule has 0 spiro atoms. The molecule has 138 valence electrons. The first kappa shape index (κ1) is 19.0. The summed E-state index contributed by atoms with van der Waals surface area (Å²) in [5.41, 5.74) is -0.813. The van der Waals surface area contributed by atoms with E-state index in [0.717, 1.165) is 44.1 Å². The summed E-state index contributed by atoms with van der Waals surface area (Å²) >= 11 is 0. The van der Waals surface area contributed by atoms with Gasteiger partial charge in [0.2, 0.25) is 0 Å². The van der Waals surface area contributed by atoms with Crippen molar-refractivity contribution < 1.29 is 27.6 Å². The molecule has 0 aliphatic carbocycles. The molecule has 7 nitrogen and oxygen atoms in total. The van der Waals surface area contributed by atoms with Crippen molar-refractivity contribution >= 4 is 11.6 Å². The summed E-state index contributed by atoms with van der Waals surface area (Å²) in [7, 11) is 0. The molecule has 1 aromatic rings. The largest absolute Gasteiger partial charge is 0.484 e. The molecule has 0 aromatic heterocycles. The van der Waals surface area contributed by atoms with Gasteiger partial charge in [0.1, 0.15) is 11.3 Å². The molecule has 2 rings (SSSR count). The van der Waals surface area contributed by atoms with Crippen LogP contribution < -0.4 is 15.4 Å². The first-order chi connectivity index (χ1) is 11.8. The Kier molecular flexibility index (Phi) is 6.18. The minimum Gasteiger partial charge on any atom is -0.484 e. The average Bonchev–Trinajstić information content (AvgIpc) is 2.57. The number of hydrogen-bond donors (Lipinski definition) is 2. The van der Waals surface area contributed by atoms with E-state index in [9.17, 15) is 28.1 Å². The van der Waals surface area contributed by atoms with Gasteiger partial charge in [0.05, 0.1) is 4.92 Å². The lowest BCUT2D eigenvalue weighted by molar-refractivity contribution is -0.385. The van der Waals surface area contributed by atoms with Gasteiger partial charge >= 0.3 is 6.18 Å². The van der Waals surface area contributed by atoms with Crippen LogP contribution in [0.3, 0.4) is 0 Å². The van der Waals surface area contributed by atoms with Gasteiger partial charge in [-0.2, -0.15) is 13.2 Å². The zero-order valence-corrected chi connectivity index (χ0v) is 13.3. The SMILES string of the molecule is O=C(NCC1CCCNC1)c1cc(OCC(F)(F)F)ccc1[N+](=O)[O-]. The van der Waals surface area contributed by atoms with E-state index in [1.54, 1.807) is 0 Å². The van der Waals surface area contributed by atoms with Crippen molar-refractivity contribution in [2.45, 2.75) is 19.0 Å². The van der Waals surface area contributed by atoms with Gasteiger partial charge in [-0.1, -0.05) is 0 Å². The van der Waals surface area contributed by atoms with Gasteiger partial charge in [0.15, 0.2) is 6.61 Å². The Morgan fingerprint density at radius 1 is 1.44 bits per heavy atom. The number of hydrogen-bond acceptors (Lipinski definition) is 5. The minimum atomic E-state index is -4.54. The Morgan fingerprint density at radius 3 is 2.80 bits per heavy atom. The number of carbonyl (C=O) groups excluding carboxylic acids is 1. The number of ether oxygens (including phenoxy) is 1. The molecule has 1 aromatic carbocycles. The molecule has 0 radical (unpaired) electrons. The highest BCUT2D eigenvalue weighted by Gasteiger charge is 2.29. The van der Waals surface area contributed by atoms with Crippen LogP contribution in [-0.4, -0.2) is 43.2 Å². The van der Waals surface area contributed by atoms with Gasteiger partial charge in [-0.3, -0.25) is 14.9 Å². The number of amides is 1. The van der Waals surface area contributed by atoms with Gasteiger partial charge in [-0.05, 0) is 44.0 Å². The Bertz CT molecular complexity index is 631. The maximum absolute atomic E-state index is 12.3. The van der Waals surface area contributed by atoms with Crippen molar-refractivity contribution in [3.05, 3.63) is 33.9 Å². The fourth-order valence-electron chi connectivity index (χ4n) is 2.54. The average molecular weight is 361 g/mol. The summed E-state index contributed by atoms with van der Waals surface area (Å²) in [5.74, 6) is -0.761. The number of alkyl halides is 3. The van der Waals surface area contributed by atoms with Crippen LogP contribution in [0.15, 0.2) is 18.2 Å². The number of piperidine rings is 1. The van der Waals surface area contributed by atoms with Crippen molar-refractivity contribution in [1.29, 1.82) is 0 Å². The Hall–Kier alpha value is -2.36.